The van der Waals surface area contributed by atoms with Crippen LogP contribution in [0.4, 0.5) is 5.95 Å². The minimum absolute atomic E-state index is 0.322. The van der Waals surface area contributed by atoms with E-state index in [0.29, 0.717) is 5.95 Å². The lowest BCUT2D eigenvalue weighted by Gasteiger charge is -1.82. The molecule has 1 aromatic rings. The normalized spacial score (nSPS) is 8.57. The number of hydrogen-bond donors (Lipinski definition) is 1. The first-order valence-electron chi connectivity index (χ1n) is 1.92. The lowest BCUT2D eigenvalue weighted by atomic mass is 10.7. The van der Waals surface area contributed by atoms with Crippen LogP contribution in [0, 0.1) is 0 Å². The van der Waals surface area contributed by atoms with E-state index in [-0.39, 0.29) is 0 Å². The molecule has 0 amide bonds. The van der Waals surface area contributed by atoms with Crippen LogP contribution < -0.4 is 5.73 Å². The maximum Gasteiger partial charge on any atom is 0.219 e. The smallest absolute Gasteiger partial charge is 0.219 e. The molecule has 1 rings (SSSR count). The number of nitrogens with two attached hydrogens (primary N) is 1. The monoisotopic (exact) mass is 96.0 g/mol. The van der Waals surface area contributed by atoms with Crippen molar-refractivity contribution in [2.45, 2.75) is 0 Å². The third-order valence-corrected chi connectivity index (χ3v) is 0.586. The first kappa shape index (κ1) is 4.05. The summed E-state index contributed by atoms with van der Waals surface area (Å²) in [5.41, 5.74) is 5.14. The SMILES string of the molecule is Nc1nccc[15n]1. The molecule has 0 unspecified atom stereocenters. The molecule has 0 fully saturated rings. The highest BCUT2D eigenvalue weighted by Crippen LogP contribution is 1.81. The molecule has 1 aromatic heterocycles. The molecule has 0 aliphatic carbocycles. The molecule has 0 radical (unpaired) electrons. The average Bonchev–Trinajstić information content (AvgIpc) is 1.69. The van der Waals surface area contributed by atoms with Crippen molar-refractivity contribution in [2.24, 2.45) is 0 Å². The summed E-state index contributed by atoms with van der Waals surface area (Å²) in [6.07, 6.45) is 3.20. The predicted molar refractivity (Wildman–Crippen MR) is 26.4 cm³/mol. The molecule has 0 spiro atoms. The van der Waals surface area contributed by atoms with Crippen molar-refractivity contribution in [3.05, 3.63) is 18.5 Å². The second-order valence-electron chi connectivity index (χ2n) is 1.11. The van der Waals surface area contributed by atoms with Crippen LogP contribution in [0.25, 0.3) is 0 Å². The van der Waals surface area contributed by atoms with E-state index in [1.54, 1.807) is 18.5 Å². The molecule has 0 aliphatic rings. The Kier molecular flexibility index (Phi) is 0.898. The Hall–Kier alpha value is -1.12. The maximum absolute atomic E-state index is 5.14. The van der Waals surface area contributed by atoms with Gasteiger partial charge in [0.05, 0.1) is 0 Å². The minimum Gasteiger partial charge on any atom is -0.368 e. The highest BCUT2D eigenvalue weighted by atomic mass is 15.5. The standard InChI is InChI=1S/C4H5N3/c5-4-6-2-1-3-7-4/h1-3H,(H2,5,6,7)/i6+1. The van der Waals surface area contributed by atoms with E-state index in [1.165, 1.54) is 0 Å². The minimum atomic E-state index is 0.322. The third kappa shape index (κ3) is 0.855. The van der Waals surface area contributed by atoms with Crippen molar-refractivity contribution in [1.82, 2.24) is 9.97 Å². The number of anilines is 1. The predicted octanol–water partition coefficient (Wildman–Crippen LogP) is 0.0588. The fourth-order valence-corrected chi connectivity index (χ4v) is 0.311. The third-order valence-electron chi connectivity index (χ3n) is 0.586. The van der Waals surface area contributed by atoms with E-state index in [2.05, 4.69) is 9.97 Å². The van der Waals surface area contributed by atoms with E-state index in [1.807, 2.05) is 0 Å². The molecule has 2 N–H and O–H groups in total. The summed E-state index contributed by atoms with van der Waals surface area (Å²) in [6.45, 7) is 0. The van der Waals surface area contributed by atoms with Gasteiger partial charge in [-0.05, 0) is 6.07 Å². The van der Waals surface area contributed by atoms with Gasteiger partial charge in [0.15, 0.2) is 0 Å². The summed E-state index contributed by atoms with van der Waals surface area (Å²) >= 11 is 0. The highest BCUT2D eigenvalue weighted by Gasteiger charge is 1.75. The Morgan fingerprint density at radius 2 is 1.86 bits per heavy atom. The van der Waals surface area contributed by atoms with E-state index in [0.717, 1.165) is 0 Å². The van der Waals surface area contributed by atoms with Crippen LogP contribution in [0.15, 0.2) is 18.5 Å². The Bertz CT molecular complexity index is 137. The zero-order valence-corrected chi connectivity index (χ0v) is 3.70. The zero-order valence-electron chi connectivity index (χ0n) is 3.70. The molecular formula is C4H5N3. The maximum atomic E-state index is 5.14. The van der Waals surface area contributed by atoms with Crippen molar-refractivity contribution in [3.63, 3.8) is 0 Å². The van der Waals surface area contributed by atoms with Gasteiger partial charge in [-0.25, -0.2) is 9.97 Å². The van der Waals surface area contributed by atoms with Gasteiger partial charge >= 0.3 is 0 Å². The Balaban J connectivity index is 3.02. The van der Waals surface area contributed by atoms with Crippen molar-refractivity contribution < 1.29 is 0 Å². The van der Waals surface area contributed by atoms with Crippen molar-refractivity contribution in [3.8, 4) is 0 Å². The summed E-state index contributed by atoms with van der Waals surface area (Å²) in [5.74, 6) is 0.322. The average molecular weight is 96.1 g/mol. The molecule has 3 heteroatoms. The van der Waals surface area contributed by atoms with Gasteiger partial charge in [0.25, 0.3) is 0 Å². The number of hydrogen-bond acceptors (Lipinski definition) is 3. The lowest BCUT2D eigenvalue weighted by molar-refractivity contribution is 1.19. The van der Waals surface area contributed by atoms with Gasteiger partial charge in [0, 0.05) is 12.4 Å². The molecule has 0 saturated heterocycles. The van der Waals surface area contributed by atoms with Crippen LogP contribution in [0.5, 0.6) is 0 Å². The van der Waals surface area contributed by atoms with Crippen LogP contribution >= 0.6 is 0 Å². The van der Waals surface area contributed by atoms with Gasteiger partial charge in [-0.3, -0.25) is 0 Å². The van der Waals surface area contributed by atoms with Crippen molar-refractivity contribution in [1.29, 1.82) is 0 Å². The van der Waals surface area contributed by atoms with E-state index in [9.17, 15) is 0 Å². The molecule has 1 heterocycles. The first-order chi connectivity index (χ1) is 3.39. The van der Waals surface area contributed by atoms with Gasteiger partial charge in [0.2, 0.25) is 5.95 Å². The Labute approximate surface area is 41.2 Å². The van der Waals surface area contributed by atoms with Crippen LogP contribution in [-0.4, -0.2) is 9.97 Å². The molecule has 0 aliphatic heterocycles. The molecule has 7 heavy (non-hydrogen) atoms. The second kappa shape index (κ2) is 1.55. The number of aromatic nitrogens is 2. The summed E-state index contributed by atoms with van der Waals surface area (Å²) in [4.78, 5) is 7.29. The van der Waals surface area contributed by atoms with Crippen LogP contribution in [0.1, 0.15) is 0 Å². The zero-order chi connectivity index (χ0) is 5.11. The largest absolute Gasteiger partial charge is 0.368 e. The molecular weight excluding hydrogens is 91.1 g/mol. The molecule has 3 nitrogen and oxygen atoms in total. The van der Waals surface area contributed by atoms with Crippen LogP contribution in [0.2, 0.25) is 0 Å². The molecule has 36 valence electrons. The van der Waals surface area contributed by atoms with Crippen molar-refractivity contribution in [2.75, 3.05) is 5.73 Å². The molecule has 0 aromatic carbocycles. The number of rotatable bonds is 0. The number of nitrogen functional groups attached to an aromatic ring is 1. The molecule has 0 atom stereocenters. The van der Waals surface area contributed by atoms with E-state index in [4.69, 9.17) is 5.73 Å². The fourth-order valence-electron chi connectivity index (χ4n) is 0.311. The summed E-state index contributed by atoms with van der Waals surface area (Å²) in [6, 6.07) is 1.72. The van der Waals surface area contributed by atoms with E-state index < -0.39 is 0 Å². The Morgan fingerprint density at radius 1 is 1.29 bits per heavy atom. The molecule has 0 saturated carbocycles. The Morgan fingerprint density at radius 3 is 2.14 bits per heavy atom. The van der Waals surface area contributed by atoms with Gasteiger partial charge in [-0.15, -0.1) is 0 Å². The highest BCUT2D eigenvalue weighted by molar-refractivity contribution is 5.11. The topological polar surface area (TPSA) is 51.8 Å². The summed E-state index contributed by atoms with van der Waals surface area (Å²) in [7, 11) is 0. The number of nitrogens with zero attached hydrogens (tertiary/aromatic N) is 2. The molecule has 0 bridgehead atoms. The van der Waals surface area contributed by atoms with E-state index >= 15 is 0 Å². The van der Waals surface area contributed by atoms with Gasteiger partial charge in [0.1, 0.15) is 0 Å². The summed E-state index contributed by atoms with van der Waals surface area (Å²) < 4.78 is 0. The van der Waals surface area contributed by atoms with Gasteiger partial charge in [-0.1, -0.05) is 0 Å². The van der Waals surface area contributed by atoms with Crippen molar-refractivity contribution >= 4 is 5.95 Å². The second-order valence-corrected chi connectivity index (χ2v) is 1.11. The quantitative estimate of drug-likeness (QED) is 0.496. The first-order valence-corrected chi connectivity index (χ1v) is 1.92. The fraction of sp³-hybridized carbons (Fsp3) is 0. The van der Waals surface area contributed by atoms with Gasteiger partial charge < -0.3 is 5.73 Å². The summed E-state index contributed by atoms with van der Waals surface area (Å²) in [5, 5.41) is 0. The van der Waals surface area contributed by atoms with Crippen LogP contribution in [-0.2, 0) is 0 Å². The van der Waals surface area contributed by atoms with Crippen LogP contribution in [0.3, 0.4) is 0 Å². The lowest BCUT2D eigenvalue weighted by Crippen LogP contribution is -1.90. The van der Waals surface area contributed by atoms with Gasteiger partial charge in [-0.2, -0.15) is 0 Å².